The molecule has 39 heavy (non-hydrogen) atoms. The predicted molar refractivity (Wildman–Crippen MR) is 152 cm³/mol. The van der Waals surface area contributed by atoms with Crippen LogP contribution in [0.2, 0.25) is 0 Å². The van der Waals surface area contributed by atoms with Crippen molar-refractivity contribution < 1.29 is 23.1 Å². The van der Waals surface area contributed by atoms with Crippen LogP contribution in [0.25, 0.3) is 10.8 Å². The van der Waals surface area contributed by atoms with Gasteiger partial charge in [-0.1, -0.05) is 43.9 Å². The first kappa shape index (κ1) is 28.1. The number of hydrogen-bond donors (Lipinski definition) is 3. The minimum Gasteiger partial charge on any atom is -0.480 e. The van der Waals surface area contributed by atoms with E-state index in [4.69, 9.17) is 5.73 Å². The number of nitrogens with one attached hydrogen (secondary N) is 1. The molecule has 0 bridgehead atoms. The van der Waals surface area contributed by atoms with E-state index < -0.39 is 28.1 Å². The van der Waals surface area contributed by atoms with E-state index in [9.17, 15) is 23.1 Å². The number of carbonyl (C=O) groups excluding carboxylic acids is 1. The minimum absolute atomic E-state index is 0.0422. The Morgan fingerprint density at radius 2 is 1.62 bits per heavy atom. The lowest BCUT2D eigenvalue weighted by atomic mass is 10.0. The van der Waals surface area contributed by atoms with Crippen LogP contribution in [-0.2, 0) is 15.0 Å². The summed E-state index contributed by atoms with van der Waals surface area (Å²) in [6.45, 7) is 5.16. The zero-order valence-corrected chi connectivity index (χ0v) is 22.7. The van der Waals surface area contributed by atoms with Gasteiger partial charge in [0.15, 0.2) is 0 Å². The van der Waals surface area contributed by atoms with Gasteiger partial charge in [-0.25, -0.2) is 0 Å². The van der Waals surface area contributed by atoms with Crippen LogP contribution in [0.1, 0.15) is 41.8 Å². The van der Waals surface area contributed by atoms with Gasteiger partial charge in [0.25, 0.3) is 10.2 Å². The number of carboxylic acids is 1. The number of rotatable bonds is 8. The molecule has 0 aromatic heterocycles. The molecule has 3 aromatic rings. The summed E-state index contributed by atoms with van der Waals surface area (Å²) in [5.74, 6) is 4.67. The molecule has 1 aliphatic rings. The zero-order chi connectivity index (χ0) is 28.2. The number of piperazine rings is 1. The third-order valence-corrected chi connectivity index (χ3v) is 8.23. The summed E-state index contributed by atoms with van der Waals surface area (Å²) in [5, 5.41) is 11.1. The van der Waals surface area contributed by atoms with Gasteiger partial charge in [0, 0.05) is 48.6 Å². The van der Waals surface area contributed by atoms with E-state index in [0.717, 1.165) is 27.6 Å². The van der Waals surface area contributed by atoms with Crippen LogP contribution in [0.5, 0.6) is 0 Å². The summed E-state index contributed by atoms with van der Waals surface area (Å²) in [7, 11) is -3.91. The number of primary amides is 1. The van der Waals surface area contributed by atoms with Crippen molar-refractivity contribution in [1.82, 2.24) is 9.03 Å². The van der Waals surface area contributed by atoms with E-state index in [1.54, 1.807) is 12.1 Å². The SMILES string of the molecule is CC(C)C[C@@H](NS(=O)(=O)N1CCN(c2ccc(C#Cc3ccc4cccc(C(N)=O)c4c3)cc2)CC1)C(=O)O. The first-order chi connectivity index (χ1) is 18.5. The fraction of sp³-hybridized carbons (Fsp3) is 0.310. The lowest BCUT2D eigenvalue weighted by Crippen LogP contribution is -2.55. The van der Waals surface area contributed by atoms with Gasteiger partial charge >= 0.3 is 5.97 Å². The van der Waals surface area contributed by atoms with Crippen LogP contribution in [0.4, 0.5) is 5.69 Å². The van der Waals surface area contributed by atoms with Gasteiger partial charge in [-0.3, -0.25) is 9.59 Å². The maximum Gasteiger partial charge on any atom is 0.321 e. The lowest BCUT2D eigenvalue weighted by molar-refractivity contribution is -0.139. The van der Waals surface area contributed by atoms with Gasteiger partial charge in [-0.05, 0) is 65.6 Å². The van der Waals surface area contributed by atoms with Crippen LogP contribution in [0, 0.1) is 17.8 Å². The lowest BCUT2D eigenvalue weighted by Gasteiger charge is -2.35. The highest BCUT2D eigenvalue weighted by Crippen LogP contribution is 2.21. The van der Waals surface area contributed by atoms with Crippen molar-refractivity contribution in [2.24, 2.45) is 11.7 Å². The molecule has 4 N–H and O–H groups in total. The van der Waals surface area contributed by atoms with Gasteiger partial charge < -0.3 is 15.7 Å². The largest absolute Gasteiger partial charge is 0.480 e. The molecule has 3 aromatic carbocycles. The molecule has 0 radical (unpaired) electrons. The first-order valence-corrected chi connectivity index (χ1v) is 14.2. The number of nitrogens with two attached hydrogens (primary N) is 1. The second-order valence-electron chi connectivity index (χ2n) is 9.93. The molecule has 0 unspecified atom stereocenters. The Labute approximate surface area is 228 Å². The molecule has 9 nitrogen and oxygen atoms in total. The Kier molecular flexibility index (Phi) is 8.55. The molecule has 0 spiro atoms. The maximum absolute atomic E-state index is 12.8. The van der Waals surface area contributed by atoms with E-state index in [1.807, 2.05) is 62.4 Å². The monoisotopic (exact) mass is 548 g/mol. The van der Waals surface area contributed by atoms with Crippen molar-refractivity contribution in [1.29, 1.82) is 0 Å². The predicted octanol–water partition coefficient (Wildman–Crippen LogP) is 2.79. The molecular weight excluding hydrogens is 516 g/mol. The quantitative estimate of drug-likeness (QED) is 0.371. The molecule has 1 aliphatic heterocycles. The summed E-state index contributed by atoms with van der Waals surface area (Å²) in [6, 6.07) is 17.7. The average molecular weight is 549 g/mol. The summed E-state index contributed by atoms with van der Waals surface area (Å²) in [5.41, 5.74) is 8.50. The molecule has 1 atom stereocenters. The summed E-state index contributed by atoms with van der Waals surface area (Å²) in [6.07, 6.45) is 0.221. The van der Waals surface area contributed by atoms with Gasteiger partial charge in [0.05, 0.1) is 0 Å². The third-order valence-electron chi connectivity index (χ3n) is 6.61. The summed E-state index contributed by atoms with van der Waals surface area (Å²) >= 11 is 0. The van der Waals surface area contributed by atoms with Gasteiger partial charge in [0.1, 0.15) is 6.04 Å². The second-order valence-corrected chi connectivity index (χ2v) is 11.6. The number of nitrogens with zero attached hydrogens (tertiary/aromatic N) is 2. The Morgan fingerprint density at radius 3 is 2.23 bits per heavy atom. The normalized spacial score (nSPS) is 15.1. The van der Waals surface area contributed by atoms with Crippen molar-refractivity contribution in [3.63, 3.8) is 0 Å². The molecule has 1 fully saturated rings. The number of carbonyl (C=O) groups is 2. The van der Waals surface area contributed by atoms with Crippen molar-refractivity contribution in [3.8, 4) is 11.8 Å². The number of carboxylic acid groups (broad SMARTS) is 1. The van der Waals surface area contributed by atoms with Crippen molar-refractivity contribution >= 4 is 38.5 Å². The van der Waals surface area contributed by atoms with E-state index >= 15 is 0 Å². The van der Waals surface area contributed by atoms with E-state index in [2.05, 4.69) is 21.5 Å². The highest BCUT2D eigenvalue weighted by Gasteiger charge is 2.31. The highest BCUT2D eigenvalue weighted by atomic mass is 32.2. The molecule has 4 rings (SSSR count). The molecule has 10 heteroatoms. The third kappa shape index (κ3) is 6.95. The number of aliphatic carboxylic acids is 1. The fourth-order valence-corrected chi connectivity index (χ4v) is 5.93. The fourth-order valence-electron chi connectivity index (χ4n) is 4.58. The molecule has 0 saturated carbocycles. The maximum atomic E-state index is 12.8. The smallest absolute Gasteiger partial charge is 0.321 e. The molecular formula is C29H32N4O5S. The second kappa shape index (κ2) is 11.9. The van der Waals surface area contributed by atoms with E-state index in [-0.39, 0.29) is 25.4 Å². The average Bonchev–Trinajstić information content (AvgIpc) is 2.91. The van der Waals surface area contributed by atoms with Crippen LogP contribution in [0.15, 0.2) is 60.7 Å². The molecule has 0 aliphatic carbocycles. The van der Waals surface area contributed by atoms with Crippen LogP contribution in [0.3, 0.4) is 0 Å². The topological polar surface area (TPSA) is 133 Å². The minimum atomic E-state index is -3.91. The van der Waals surface area contributed by atoms with Gasteiger partial charge in [-0.2, -0.15) is 17.4 Å². The molecule has 1 heterocycles. The van der Waals surface area contributed by atoms with Gasteiger partial charge in [-0.15, -0.1) is 0 Å². The Bertz CT molecular complexity index is 1530. The Morgan fingerprint density at radius 1 is 0.974 bits per heavy atom. The van der Waals surface area contributed by atoms with Crippen molar-refractivity contribution in [3.05, 3.63) is 77.4 Å². The van der Waals surface area contributed by atoms with Gasteiger partial charge in [0.2, 0.25) is 5.91 Å². The summed E-state index contributed by atoms with van der Waals surface area (Å²) < 4.78 is 29.2. The van der Waals surface area contributed by atoms with E-state index in [0.29, 0.717) is 18.7 Å². The summed E-state index contributed by atoms with van der Waals surface area (Å²) in [4.78, 5) is 25.3. The number of benzene rings is 3. The number of hydrogen-bond acceptors (Lipinski definition) is 5. The number of anilines is 1. The Balaban J connectivity index is 1.39. The van der Waals surface area contributed by atoms with Crippen LogP contribution >= 0.6 is 0 Å². The van der Waals surface area contributed by atoms with Crippen LogP contribution in [-0.4, -0.2) is 61.9 Å². The van der Waals surface area contributed by atoms with Crippen LogP contribution < -0.4 is 15.4 Å². The van der Waals surface area contributed by atoms with Crippen molar-refractivity contribution in [2.45, 2.75) is 26.3 Å². The Hall–Kier alpha value is -3.91. The standard InChI is InChI=1S/C29H32N4O5S/c1-20(2)18-27(29(35)36)31-39(37,38)33-16-14-32(15-17-33)24-12-9-21(10-13-24)6-7-22-8-11-23-4-3-5-25(28(30)34)26(23)19-22/h3-5,8-13,19-20,27,31H,14-18H2,1-2H3,(H2,30,34)(H,35,36)/t27-/m1/s1. The number of amides is 1. The van der Waals surface area contributed by atoms with E-state index in [1.165, 1.54) is 4.31 Å². The molecule has 1 amide bonds. The first-order valence-electron chi connectivity index (χ1n) is 12.7. The molecule has 1 saturated heterocycles. The highest BCUT2D eigenvalue weighted by molar-refractivity contribution is 7.87. The molecule has 204 valence electrons. The van der Waals surface area contributed by atoms with Crippen molar-refractivity contribution in [2.75, 3.05) is 31.1 Å². The zero-order valence-electron chi connectivity index (χ0n) is 21.9. The number of fused-ring (bicyclic) bond motifs is 1.